The SMILES string of the molecule is CCN1C(=O)N(c2c(F)c(OC)cc(OC)c2F)Cc2cnc(NCCOCCO)nc21. The number of carbonyl (C=O) groups is 1. The van der Waals surface area contributed by atoms with Crippen LogP contribution < -0.4 is 24.6 Å². The van der Waals surface area contributed by atoms with Crippen molar-refractivity contribution in [1.82, 2.24) is 9.97 Å². The minimum atomic E-state index is -1.01. The van der Waals surface area contributed by atoms with Gasteiger partial charge in [-0.1, -0.05) is 0 Å². The maximum absolute atomic E-state index is 15.0. The monoisotopic (exact) mass is 453 g/mol. The molecule has 0 radical (unpaired) electrons. The van der Waals surface area contributed by atoms with Crippen LogP contribution in [0.25, 0.3) is 0 Å². The number of hydrogen-bond acceptors (Lipinski definition) is 8. The summed E-state index contributed by atoms with van der Waals surface area (Å²) in [6.07, 6.45) is 1.49. The van der Waals surface area contributed by atoms with E-state index in [-0.39, 0.29) is 43.8 Å². The van der Waals surface area contributed by atoms with Crippen molar-refractivity contribution in [3.63, 3.8) is 0 Å². The van der Waals surface area contributed by atoms with Crippen LogP contribution in [0.1, 0.15) is 12.5 Å². The van der Waals surface area contributed by atoms with E-state index in [9.17, 15) is 4.79 Å². The zero-order valence-electron chi connectivity index (χ0n) is 18.0. The van der Waals surface area contributed by atoms with E-state index < -0.39 is 23.4 Å². The number of anilines is 3. The van der Waals surface area contributed by atoms with Gasteiger partial charge in [-0.05, 0) is 6.92 Å². The van der Waals surface area contributed by atoms with Gasteiger partial charge in [0.15, 0.2) is 23.1 Å². The van der Waals surface area contributed by atoms with Crippen molar-refractivity contribution in [3.05, 3.63) is 29.5 Å². The van der Waals surface area contributed by atoms with E-state index in [1.165, 1.54) is 25.3 Å². The molecule has 0 saturated carbocycles. The Morgan fingerprint density at radius 2 is 1.88 bits per heavy atom. The van der Waals surface area contributed by atoms with E-state index >= 15 is 8.78 Å². The smallest absolute Gasteiger partial charge is 0.330 e. The van der Waals surface area contributed by atoms with Crippen molar-refractivity contribution in [2.75, 3.05) is 62.2 Å². The molecule has 32 heavy (non-hydrogen) atoms. The molecule has 0 spiro atoms. The van der Waals surface area contributed by atoms with Gasteiger partial charge in [0.2, 0.25) is 5.95 Å². The minimum Gasteiger partial charge on any atom is -0.493 e. The van der Waals surface area contributed by atoms with Crippen LogP contribution in [-0.2, 0) is 11.3 Å². The van der Waals surface area contributed by atoms with E-state index in [0.717, 1.165) is 11.0 Å². The lowest BCUT2D eigenvalue weighted by molar-refractivity contribution is 0.0991. The molecule has 1 aromatic heterocycles. The summed E-state index contributed by atoms with van der Waals surface area (Å²) >= 11 is 0. The van der Waals surface area contributed by atoms with Gasteiger partial charge in [0.25, 0.3) is 0 Å². The second kappa shape index (κ2) is 10.4. The molecule has 2 amide bonds. The molecule has 174 valence electrons. The zero-order chi connectivity index (χ0) is 23.3. The van der Waals surface area contributed by atoms with Crippen LogP contribution >= 0.6 is 0 Å². The summed E-state index contributed by atoms with van der Waals surface area (Å²) in [5.74, 6) is -1.91. The first kappa shape index (κ1) is 23.4. The van der Waals surface area contributed by atoms with E-state index in [0.29, 0.717) is 24.5 Å². The van der Waals surface area contributed by atoms with Gasteiger partial charge in [-0.25, -0.2) is 18.6 Å². The van der Waals surface area contributed by atoms with Gasteiger partial charge in [-0.15, -0.1) is 0 Å². The molecule has 0 aliphatic carbocycles. The first-order valence-corrected chi connectivity index (χ1v) is 9.94. The summed E-state index contributed by atoms with van der Waals surface area (Å²) < 4.78 is 45.1. The summed E-state index contributed by atoms with van der Waals surface area (Å²) in [6.45, 7) is 2.68. The summed E-state index contributed by atoms with van der Waals surface area (Å²) in [4.78, 5) is 24.1. The lowest BCUT2D eigenvalue weighted by Gasteiger charge is -2.36. The van der Waals surface area contributed by atoms with Crippen LogP contribution in [0.5, 0.6) is 11.5 Å². The molecule has 12 heteroatoms. The Bertz CT molecular complexity index is 950. The van der Waals surface area contributed by atoms with Gasteiger partial charge < -0.3 is 24.6 Å². The quantitative estimate of drug-likeness (QED) is 0.527. The molecule has 0 atom stereocenters. The number of hydrogen-bond donors (Lipinski definition) is 2. The number of nitrogens with one attached hydrogen (secondary N) is 1. The summed E-state index contributed by atoms with van der Waals surface area (Å²) in [7, 11) is 2.48. The third-order valence-corrected chi connectivity index (χ3v) is 4.79. The predicted molar refractivity (Wildman–Crippen MR) is 112 cm³/mol. The fraction of sp³-hybridized carbons (Fsp3) is 0.450. The van der Waals surface area contributed by atoms with E-state index in [1.54, 1.807) is 6.92 Å². The number of carbonyl (C=O) groups excluding carboxylic acids is 1. The molecule has 0 saturated heterocycles. The second-order valence-electron chi connectivity index (χ2n) is 6.68. The van der Waals surface area contributed by atoms with Gasteiger partial charge in [-0.3, -0.25) is 9.80 Å². The number of rotatable bonds is 10. The molecule has 2 aromatic rings. The lowest BCUT2D eigenvalue weighted by atomic mass is 10.1. The van der Waals surface area contributed by atoms with E-state index in [2.05, 4.69) is 15.3 Å². The van der Waals surface area contributed by atoms with Gasteiger partial charge in [0.1, 0.15) is 11.5 Å². The molecule has 3 rings (SSSR count). The first-order valence-electron chi connectivity index (χ1n) is 9.94. The number of aliphatic hydroxyl groups is 1. The first-order chi connectivity index (χ1) is 15.5. The summed E-state index contributed by atoms with van der Waals surface area (Å²) in [6, 6.07) is 0.434. The van der Waals surface area contributed by atoms with Gasteiger partial charge >= 0.3 is 6.03 Å². The summed E-state index contributed by atoms with van der Waals surface area (Å²) in [5.41, 5.74) is -0.0624. The van der Waals surface area contributed by atoms with Crippen LogP contribution in [0.4, 0.5) is 31.0 Å². The number of halogens is 2. The number of benzene rings is 1. The van der Waals surface area contributed by atoms with Crippen LogP contribution in [0.3, 0.4) is 0 Å². The zero-order valence-corrected chi connectivity index (χ0v) is 18.0. The largest absolute Gasteiger partial charge is 0.493 e. The molecule has 1 aliphatic rings. The van der Waals surface area contributed by atoms with Crippen LogP contribution in [-0.4, -0.2) is 68.2 Å². The number of aliphatic hydroxyl groups excluding tert-OH is 1. The average Bonchev–Trinajstić information content (AvgIpc) is 2.79. The minimum absolute atomic E-state index is 0.0697. The highest BCUT2D eigenvalue weighted by molar-refractivity contribution is 6.05. The van der Waals surface area contributed by atoms with E-state index in [1.807, 2.05) is 0 Å². The maximum Gasteiger partial charge on any atom is 0.330 e. The van der Waals surface area contributed by atoms with Crippen molar-refractivity contribution in [2.45, 2.75) is 13.5 Å². The van der Waals surface area contributed by atoms with Crippen LogP contribution in [0.2, 0.25) is 0 Å². The number of aromatic nitrogens is 2. The third kappa shape index (κ3) is 4.50. The second-order valence-corrected chi connectivity index (χ2v) is 6.68. The molecule has 1 aliphatic heterocycles. The highest BCUT2D eigenvalue weighted by Gasteiger charge is 2.37. The van der Waals surface area contributed by atoms with Crippen molar-refractivity contribution in [2.24, 2.45) is 0 Å². The number of methoxy groups -OCH3 is 2. The topological polar surface area (TPSA) is 109 Å². The molecule has 0 fully saturated rings. The van der Waals surface area contributed by atoms with Crippen LogP contribution in [0, 0.1) is 11.6 Å². The Balaban J connectivity index is 1.93. The number of ether oxygens (including phenoxy) is 3. The number of urea groups is 1. The Kier molecular flexibility index (Phi) is 7.59. The maximum atomic E-state index is 15.0. The molecule has 10 nitrogen and oxygen atoms in total. The predicted octanol–water partition coefficient (Wildman–Crippen LogP) is 2.16. The fourth-order valence-electron chi connectivity index (χ4n) is 3.27. The number of amides is 2. The summed E-state index contributed by atoms with van der Waals surface area (Å²) in [5, 5.41) is 11.7. The van der Waals surface area contributed by atoms with Crippen molar-refractivity contribution in [3.8, 4) is 11.5 Å². The Morgan fingerprint density at radius 3 is 2.47 bits per heavy atom. The van der Waals surface area contributed by atoms with E-state index in [4.69, 9.17) is 19.3 Å². The Labute approximate surface area is 183 Å². The number of fused-ring (bicyclic) bond motifs is 1. The Hall–Kier alpha value is -3.25. The van der Waals surface area contributed by atoms with Crippen molar-refractivity contribution < 1.29 is 32.9 Å². The highest BCUT2D eigenvalue weighted by Crippen LogP contribution is 2.40. The lowest BCUT2D eigenvalue weighted by Crippen LogP contribution is -2.48. The fourth-order valence-corrected chi connectivity index (χ4v) is 3.27. The van der Waals surface area contributed by atoms with Crippen LogP contribution in [0.15, 0.2) is 12.3 Å². The molecule has 0 bridgehead atoms. The van der Waals surface area contributed by atoms with Crippen molar-refractivity contribution in [1.29, 1.82) is 0 Å². The van der Waals surface area contributed by atoms with Gasteiger partial charge in [0.05, 0.1) is 40.6 Å². The highest BCUT2D eigenvalue weighted by atomic mass is 19.1. The molecular weight excluding hydrogens is 428 g/mol. The molecule has 0 unspecified atom stereocenters. The van der Waals surface area contributed by atoms with Crippen molar-refractivity contribution >= 4 is 23.5 Å². The Morgan fingerprint density at radius 1 is 1.19 bits per heavy atom. The molecule has 2 N–H and O–H groups in total. The standard InChI is InChI=1S/C20H25F2N5O5/c1-4-26-18-12(10-24-19(25-18)23-5-7-32-8-6-28)11-27(20(26)29)17-15(21)13(30-2)9-14(31-3)16(17)22/h9-10,28H,4-8,11H2,1-3H3,(H,23,24,25). The third-order valence-electron chi connectivity index (χ3n) is 4.79. The molecule has 1 aromatic carbocycles. The normalized spacial score (nSPS) is 13.2. The molecular formula is C20H25F2N5O5. The van der Waals surface area contributed by atoms with Gasteiger partial charge in [-0.2, -0.15) is 4.98 Å². The number of nitrogens with zero attached hydrogens (tertiary/aromatic N) is 4. The average molecular weight is 453 g/mol. The van der Waals surface area contributed by atoms with Gasteiger partial charge in [0, 0.05) is 30.9 Å². The molecule has 2 heterocycles.